The summed E-state index contributed by atoms with van der Waals surface area (Å²) in [5, 5.41) is 2.73. The van der Waals surface area contributed by atoms with E-state index >= 15 is 0 Å². The van der Waals surface area contributed by atoms with E-state index in [1.54, 1.807) is 0 Å². The van der Waals surface area contributed by atoms with Crippen molar-refractivity contribution in [2.24, 2.45) is 0 Å². The number of hydrogen-bond acceptors (Lipinski definition) is 1. The summed E-state index contributed by atoms with van der Waals surface area (Å²) < 4.78 is 0. The van der Waals surface area contributed by atoms with E-state index in [-0.39, 0.29) is 5.91 Å². The Morgan fingerprint density at radius 3 is 2.62 bits per heavy atom. The molecule has 0 atom stereocenters. The lowest BCUT2D eigenvalue weighted by Gasteiger charge is -1.89. The average molecular weight is 111 g/mol. The van der Waals surface area contributed by atoms with Gasteiger partial charge in [-0.15, -0.1) is 0 Å². The van der Waals surface area contributed by atoms with Gasteiger partial charge in [-0.1, -0.05) is 6.08 Å². The molecule has 0 radical (unpaired) electrons. The van der Waals surface area contributed by atoms with Crippen LogP contribution >= 0.6 is 0 Å². The Balaban J connectivity index is 2.56. The molecule has 1 rings (SSSR count). The van der Waals surface area contributed by atoms with Gasteiger partial charge in [0, 0.05) is 12.1 Å². The number of allylic oxidation sites excluding steroid dienone is 2. The molecule has 0 aromatic carbocycles. The molecule has 0 aliphatic carbocycles. The van der Waals surface area contributed by atoms with Gasteiger partial charge in [0.15, 0.2) is 0 Å². The molecule has 1 aliphatic heterocycles. The van der Waals surface area contributed by atoms with Crippen molar-refractivity contribution >= 4 is 5.91 Å². The molecule has 1 aliphatic rings. The minimum absolute atomic E-state index is 0.151. The van der Waals surface area contributed by atoms with Gasteiger partial charge in [-0.25, -0.2) is 0 Å². The lowest BCUT2D eigenvalue weighted by Crippen LogP contribution is -2.11. The Bertz CT molecular complexity index is 137. The first-order valence-corrected chi connectivity index (χ1v) is 2.78. The fourth-order valence-corrected chi connectivity index (χ4v) is 0.769. The van der Waals surface area contributed by atoms with Gasteiger partial charge in [-0.05, 0) is 13.3 Å². The number of carbonyl (C=O) groups excluding carboxylic acids is 1. The van der Waals surface area contributed by atoms with Gasteiger partial charge in [0.1, 0.15) is 0 Å². The van der Waals surface area contributed by atoms with Crippen molar-refractivity contribution in [3.05, 3.63) is 11.8 Å². The molecule has 8 heavy (non-hydrogen) atoms. The number of carbonyl (C=O) groups is 1. The van der Waals surface area contributed by atoms with Crippen molar-refractivity contribution in [3.8, 4) is 0 Å². The van der Waals surface area contributed by atoms with Gasteiger partial charge >= 0.3 is 0 Å². The summed E-state index contributed by atoms with van der Waals surface area (Å²) >= 11 is 0. The summed E-state index contributed by atoms with van der Waals surface area (Å²) in [4.78, 5) is 10.5. The van der Waals surface area contributed by atoms with Gasteiger partial charge in [0.2, 0.25) is 5.91 Å². The highest BCUT2D eigenvalue weighted by atomic mass is 16.1. The molecule has 1 saturated heterocycles. The van der Waals surface area contributed by atoms with Crippen LogP contribution in [0.3, 0.4) is 0 Å². The van der Waals surface area contributed by atoms with Crippen LogP contribution in [-0.2, 0) is 4.79 Å². The maximum Gasteiger partial charge on any atom is 0.224 e. The molecule has 0 spiro atoms. The second-order valence-electron chi connectivity index (χ2n) is 1.86. The van der Waals surface area contributed by atoms with Crippen molar-refractivity contribution in [3.63, 3.8) is 0 Å². The minimum Gasteiger partial charge on any atom is -0.330 e. The summed E-state index contributed by atoms with van der Waals surface area (Å²) in [6.45, 7) is 1.93. The van der Waals surface area contributed by atoms with E-state index in [1.807, 2.05) is 13.0 Å². The van der Waals surface area contributed by atoms with Crippen LogP contribution in [0, 0.1) is 0 Å². The lowest BCUT2D eigenvalue weighted by atomic mass is 10.3. The second kappa shape index (κ2) is 1.99. The second-order valence-corrected chi connectivity index (χ2v) is 1.86. The smallest absolute Gasteiger partial charge is 0.224 e. The highest BCUT2D eigenvalue weighted by Crippen LogP contribution is 2.08. The predicted octanol–water partition coefficient (Wildman–Crippen LogP) is 0.800. The van der Waals surface area contributed by atoms with Gasteiger partial charge < -0.3 is 5.32 Å². The van der Waals surface area contributed by atoms with Crippen LogP contribution in [-0.4, -0.2) is 5.91 Å². The fraction of sp³-hybridized carbons (Fsp3) is 0.500. The summed E-state index contributed by atoms with van der Waals surface area (Å²) in [6, 6.07) is 0. The zero-order valence-electron chi connectivity index (χ0n) is 4.90. The fourth-order valence-electron chi connectivity index (χ4n) is 0.769. The first-order chi connectivity index (χ1) is 3.83. The third-order valence-corrected chi connectivity index (χ3v) is 1.27. The van der Waals surface area contributed by atoms with Crippen LogP contribution in [0.4, 0.5) is 0 Å². The standard InChI is InChI=1S/C6H9NO/c1-2-5-3-4-6(8)7-5/h2H,3-4H2,1H3,(H,7,8)/b5-2+. The van der Waals surface area contributed by atoms with Crippen LogP contribution in [0.25, 0.3) is 0 Å². The van der Waals surface area contributed by atoms with E-state index in [1.165, 1.54) is 0 Å². The first-order valence-electron chi connectivity index (χ1n) is 2.78. The molecular formula is C6H9NO. The topological polar surface area (TPSA) is 29.1 Å². The van der Waals surface area contributed by atoms with E-state index in [0.29, 0.717) is 6.42 Å². The van der Waals surface area contributed by atoms with Crippen molar-refractivity contribution in [1.29, 1.82) is 0 Å². The van der Waals surface area contributed by atoms with E-state index in [0.717, 1.165) is 12.1 Å². The molecule has 2 heteroatoms. The summed E-state index contributed by atoms with van der Waals surface area (Å²) in [5.74, 6) is 0.151. The van der Waals surface area contributed by atoms with E-state index < -0.39 is 0 Å². The van der Waals surface area contributed by atoms with E-state index in [9.17, 15) is 4.79 Å². The first kappa shape index (κ1) is 5.35. The Hall–Kier alpha value is -0.790. The van der Waals surface area contributed by atoms with E-state index in [4.69, 9.17) is 0 Å². The van der Waals surface area contributed by atoms with Crippen LogP contribution in [0.1, 0.15) is 19.8 Å². The number of nitrogens with one attached hydrogen (secondary N) is 1. The molecule has 0 aromatic heterocycles. The SMILES string of the molecule is C/C=C1\CCC(=O)N1. The normalized spacial score (nSPS) is 24.1. The molecular weight excluding hydrogens is 102 g/mol. The Kier molecular flexibility index (Phi) is 1.33. The van der Waals surface area contributed by atoms with Gasteiger partial charge in [0.25, 0.3) is 0 Å². The maximum atomic E-state index is 10.5. The Morgan fingerprint density at radius 1 is 1.62 bits per heavy atom. The Labute approximate surface area is 48.6 Å². The highest BCUT2D eigenvalue weighted by Gasteiger charge is 2.11. The molecule has 0 unspecified atom stereocenters. The summed E-state index contributed by atoms with van der Waals surface area (Å²) in [5.41, 5.74) is 1.06. The molecule has 1 fully saturated rings. The molecule has 2 nitrogen and oxygen atoms in total. The monoisotopic (exact) mass is 111 g/mol. The zero-order chi connectivity index (χ0) is 5.98. The van der Waals surface area contributed by atoms with Crippen LogP contribution in [0.2, 0.25) is 0 Å². The van der Waals surface area contributed by atoms with Crippen molar-refractivity contribution in [2.75, 3.05) is 0 Å². The molecule has 44 valence electrons. The zero-order valence-corrected chi connectivity index (χ0v) is 4.90. The largest absolute Gasteiger partial charge is 0.330 e. The number of amides is 1. The molecule has 1 amide bonds. The molecule has 0 aromatic rings. The summed E-state index contributed by atoms with van der Waals surface area (Å²) in [7, 11) is 0. The third kappa shape index (κ3) is 0.886. The molecule has 1 heterocycles. The van der Waals surface area contributed by atoms with Gasteiger partial charge in [0.05, 0.1) is 0 Å². The van der Waals surface area contributed by atoms with Crippen LogP contribution < -0.4 is 5.32 Å². The maximum absolute atomic E-state index is 10.5. The van der Waals surface area contributed by atoms with Gasteiger partial charge in [-0.3, -0.25) is 4.79 Å². The minimum atomic E-state index is 0.151. The number of hydrogen-bond donors (Lipinski definition) is 1. The molecule has 0 bridgehead atoms. The predicted molar refractivity (Wildman–Crippen MR) is 31.1 cm³/mol. The van der Waals surface area contributed by atoms with Crippen LogP contribution in [0.15, 0.2) is 11.8 Å². The number of rotatable bonds is 0. The molecule has 1 N–H and O–H groups in total. The summed E-state index contributed by atoms with van der Waals surface area (Å²) in [6.07, 6.45) is 3.50. The van der Waals surface area contributed by atoms with Crippen LogP contribution in [0.5, 0.6) is 0 Å². The van der Waals surface area contributed by atoms with Crippen molar-refractivity contribution in [2.45, 2.75) is 19.8 Å². The van der Waals surface area contributed by atoms with E-state index in [2.05, 4.69) is 5.32 Å². The Morgan fingerprint density at radius 2 is 2.38 bits per heavy atom. The van der Waals surface area contributed by atoms with Crippen molar-refractivity contribution < 1.29 is 4.79 Å². The molecule has 0 saturated carbocycles. The lowest BCUT2D eigenvalue weighted by molar-refractivity contribution is -0.118. The van der Waals surface area contributed by atoms with Gasteiger partial charge in [-0.2, -0.15) is 0 Å². The third-order valence-electron chi connectivity index (χ3n) is 1.27. The quantitative estimate of drug-likeness (QED) is 0.492. The van der Waals surface area contributed by atoms with Crippen molar-refractivity contribution in [1.82, 2.24) is 5.32 Å². The average Bonchev–Trinajstić information content (AvgIpc) is 2.14. The highest BCUT2D eigenvalue weighted by molar-refractivity contribution is 5.80.